The molecule has 0 bridgehead atoms. The molecule has 0 saturated carbocycles. The summed E-state index contributed by atoms with van der Waals surface area (Å²) in [6, 6.07) is 5.29. The van der Waals surface area contributed by atoms with Crippen LogP contribution in [-0.2, 0) is 4.79 Å². The average molecular weight is 241 g/mol. The van der Waals surface area contributed by atoms with Gasteiger partial charge in [-0.3, -0.25) is 4.79 Å². The first kappa shape index (κ1) is 12.7. The maximum atomic E-state index is 11.5. The quantitative estimate of drug-likeness (QED) is 0.814. The monoisotopic (exact) mass is 241 g/mol. The number of ether oxygens (including phenoxy) is 2. The molecule has 0 aliphatic carbocycles. The van der Waals surface area contributed by atoms with Crippen molar-refractivity contribution in [2.24, 2.45) is 0 Å². The van der Waals surface area contributed by atoms with Crippen LogP contribution in [0.2, 0.25) is 0 Å². The number of methoxy groups -OCH3 is 2. The molecule has 5 heteroatoms. The number of hydrogen-bond donors (Lipinski definition) is 1. The zero-order chi connectivity index (χ0) is 12.1. The summed E-state index contributed by atoms with van der Waals surface area (Å²) in [6.45, 7) is 0. The Hall–Kier alpha value is -1.36. The van der Waals surface area contributed by atoms with Crippen molar-refractivity contribution in [2.75, 3.05) is 31.9 Å². The summed E-state index contributed by atoms with van der Waals surface area (Å²) in [5, 5.41) is 0. The zero-order valence-electron chi connectivity index (χ0n) is 9.56. The summed E-state index contributed by atoms with van der Waals surface area (Å²) >= 11 is 3.95. The molecule has 0 aliphatic heterocycles. The molecule has 0 aliphatic rings. The molecule has 0 fully saturated rings. The Morgan fingerprint density at radius 1 is 1.38 bits per heavy atom. The van der Waals surface area contributed by atoms with Crippen molar-refractivity contribution in [2.45, 2.75) is 0 Å². The van der Waals surface area contributed by atoms with Crippen LogP contribution in [0.1, 0.15) is 0 Å². The van der Waals surface area contributed by atoms with Gasteiger partial charge in [-0.1, -0.05) is 0 Å². The lowest BCUT2D eigenvalue weighted by molar-refractivity contribution is -0.115. The van der Waals surface area contributed by atoms with Gasteiger partial charge in [0.25, 0.3) is 0 Å². The van der Waals surface area contributed by atoms with E-state index in [0.29, 0.717) is 17.2 Å². The van der Waals surface area contributed by atoms with Crippen molar-refractivity contribution in [3.63, 3.8) is 0 Å². The van der Waals surface area contributed by atoms with Gasteiger partial charge >= 0.3 is 0 Å². The molecule has 0 heterocycles. The predicted molar refractivity (Wildman–Crippen MR) is 66.8 cm³/mol. The number of rotatable bonds is 4. The first-order chi connectivity index (χ1) is 7.63. The molecule has 1 amide bonds. The molecule has 0 unspecified atom stereocenters. The van der Waals surface area contributed by atoms with Gasteiger partial charge in [0.2, 0.25) is 5.91 Å². The second-order valence-electron chi connectivity index (χ2n) is 3.15. The van der Waals surface area contributed by atoms with E-state index in [1.165, 1.54) is 4.90 Å². The molecule has 0 saturated heterocycles. The Labute approximate surface area is 101 Å². The number of nitrogens with zero attached hydrogens (tertiary/aromatic N) is 1. The van der Waals surface area contributed by atoms with Gasteiger partial charge in [-0.15, -0.1) is 0 Å². The Morgan fingerprint density at radius 3 is 2.56 bits per heavy atom. The molecule has 0 N–H and O–H groups in total. The minimum absolute atomic E-state index is 0.102. The van der Waals surface area contributed by atoms with Crippen LogP contribution >= 0.6 is 12.6 Å². The van der Waals surface area contributed by atoms with E-state index >= 15 is 0 Å². The topological polar surface area (TPSA) is 38.8 Å². The smallest absolute Gasteiger partial charge is 0.236 e. The van der Waals surface area contributed by atoms with Gasteiger partial charge < -0.3 is 14.4 Å². The van der Waals surface area contributed by atoms with E-state index < -0.39 is 0 Å². The zero-order valence-corrected chi connectivity index (χ0v) is 10.5. The van der Waals surface area contributed by atoms with Crippen LogP contribution in [0.25, 0.3) is 0 Å². The van der Waals surface area contributed by atoms with E-state index in [2.05, 4.69) is 12.6 Å². The second kappa shape index (κ2) is 5.65. The van der Waals surface area contributed by atoms with E-state index in [9.17, 15) is 4.79 Å². The fourth-order valence-corrected chi connectivity index (χ4v) is 1.51. The maximum absolute atomic E-state index is 11.5. The van der Waals surface area contributed by atoms with Gasteiger partial charge in [-0.2, -0.15) is 12.6 Å². The van der Waals surface area contributed by atoms with E-state index in [1.54, 1.807) is 39.5 Å². The van der Waals surface area contributed by atoms with Crippen molar-refractivity contribution in [1.29, 1.82) is 0 Å². The van der Waals surface area contributed by atoms with Gasteiger partial charge in [0.05, 0.1) is 25.7 Å². The standard InChI is InChI=1S/C11H15NO3S/c1-12(11(13)7-16)9-6-8(14-2)4-5-10(9)15-3/h4-6,16H,7H2,1-3H3. The van der Waals surface area contributed by atoms with Crippen LogP contribution < -0.4 is 14.4 Å². The van der Waals surface area contributed by atoms with Crippen LogP contribution in [0.3, 0.4) is 0 Å². The Morgan fingerprint density at radius 2 is 2.06 bits per heavy atom. The summed E-state index contributed by atoms with van der Waals surface area (Å²) < 4.78 is 10.3. The maximum Gasteiger partial charge on any atom is 0.236 e. The lowest BCUT2D eigenvalue weighted by Crippen LogP contribution is -2.27. The molecular formula is C11H15NO3S. The Balaban J connectivity index is 3.12. The minimum Gasteiger partial charge on any atom is -0.497 e. The summed E-state index contributed by atoms with van der Waals surface area (Å²) in [5.41, 5.74) is 0.668. The summed E-state index contributed by atoms with van der Waals surface area (Å²) in [5.74, 6) is 1.35. The molecule has 1 rings (SSSR count). The molecule has 1 aromatic carbocycles. The van der Waals surface area contributed by atoms with E-state index in [1.807, 2.05) is 0 Å². The highest BCUT2D eigenvalue weighted by Crippen LogP contribution is 2.31. The van der Waals surface area contributed by atoms with Gasteiger partial charge in [0.1, 0.15) is 11.5 Å². The van der Waals surface area contributed by atoms with Crippen LogP contribution in [0.5, 0.6) is 11.5 Å². The number of benzene rings is 1. The normalized spacial score (nSPS) is 9.75. The first-order valence-corrected chi connectivity index (χ1v) is 5.36. The van der Waals surface area contributed by atoms with Crippen molar-refractivity contribution >= 4 is 24.2 Å². The molecule has 88 valence electrons. The number of amides is 1. The number of anilines is 1. The van der Waals surface area contributed by atoms with Crippen molar-refractivity contribution in [1.82, 2.24) is 0 Å². The number of hydrogen-bond acceptors (Lipinski definition) is 4. The third-order valence-corrected chi connectivity index (χ3v) is 2.53. The van der Waals surface area contributed by atoms with Crippen molar-refractivity contribution < 1.29 is 14.3 Å². The van der Waals surface area contributed by atoms with E-state index in [-0.39, 0.29) is 11.7 Å². The number of thiol groups is 1. The Kier molecular flexibility index (Phi) is 4.49. The molecule has 1 aromatic rings. The summed E-state index contributed by atoms with van der Waals surface area (Å²) in [4.78, 5) is 13.0. The number of carbonyl (C=O) groups excluding carboxylic acids is 1. The highest BCUT2D eigenvalue weighted by atomic mass is 32.1. The fraction of sp³-hybridized carbons (Fsp3) is 0.364. The largest absolute Gasteiger partial charge is 0.497 e. The lowest BCUT2D eigenvalue weighted by atomic mass is 10.2. The Bertz CT molecular complexity index is 381. The first-order valence-electron chi connectivity index (χ1n) is 4.73. The van der Waals surface area contributed by atoms with Crippen LogP contribution in [-0.4, -0.2) is 32.9 Å². The third-order valence-electron chi connectivity index (χ3n) is 2.26. The summed E-state index contributed by atoms with van der Waals surface area (Å²) in [6.07, 6.45) is 0. The van der Waals surface area contributed by atoms with E-state index in [0.717, 1.165) is 0 Å². The van der Waals surface area contributed by atoms with Crippen LogP contribution in [0.4, 0.5) is 5.69 Å². The summed E-state index contributed by atoms with van der Waals surface area (Å²) in [7, 11) is 4.81. The molecule has 0 atom stereocenters. The molecule has 0 spiro atoms. The average Bonchev–Trinajstić information content (AvgIpc) is 2.35. The van der Waals surface area contributed by atoms with Gasteiger partial charge in [-0.05, 0) is 12.1 Å². The SMILES string of the molecule is COc1ccc(OC)c(N(C)C(=O)CS)c1. The second-order valence-corrected chi connectivity index (χ2v) is 3.46. The minimum atomic E-state index is -0.102. The fourth-order valence-electron chi connectivity index (χ4n) is 1.30. The molecule has 16 heavy (non-hydrogen) atoms. The molecule has 0 aromatic heterocycles. The van der Waals surface area contributed by atoms with Crippen molar-refractivity contribution in [3.8, 4) is 11.5 Å². The van der Waals surface area contributed by atoms with Gasteiger partial charge in [0.15, 0.2) is 0 Å². The van der Waals surface area contributed by atoms with Crippen molar-refractivity contribution in [3.05, 3.63) is 18.2 Å². The third kappa shape index (κ3) is 2.61. The van der Waals surface area contributed by atoms with Gasteiger partial charge in [-0.25, -0.2) is 0 Å². The highest BCUT2D eigenvalue weighted by molar-refractivity contribution is 7.81. The van der Waals surface area contributed by atoms with Crippen LogP contribution in [0, 0.1) is 0 Å². The molecule has 0 radical (unpaired) electrons. The number of carbonyl (C=O) groups is 1. The molecule has 4 nitrogen and oxygen atoms in total. The van der Waals surface area contributed by atoms with Crippen LogP contribution in [0.15, 0.2) is 18.2 Å². The highest BCUT2D eigenvalue weighted by Gasteiger charge is 2.14. The van der Waals surface area contributed by atoms with Gasteiger partial charge in [0, 0.05) is 13.1 Å². The lowest BCUT2D eigenvalue weighted by Gasteiger charge is -2.19. The van der Waals surface area contributed by atoms with E-state index in [4.69, 9.17) is 9.47 Å². The molecular weight excluding hydrogens is 226 g/mol. The predicted octanol–water partition coefficient (Wildman–Crippen LogP) is 1.60.